The highest BCUT2D eigenvalue weighted by Crippen LogP contribution is 2.23. The number of esters is 1. The van der Waals surface area contributed by atoms with E-state index in [1.165, 1.54) is 11.3 Å². The van der Waals surface area contributed by atoms with E-state index in [2.05, 4.69) is 0 Å². The van der Waals surface area contributed by atoms with E-state index in [4.69, 9.17) is 16.3 Å². The van der Waals surface area contributed by atoms with Crippen molar-refractivity contribution in [1.29, 1.82) is 0 Å². The van der Waals surface area contributed by atoms with E-state index < -0.39 is 0 Å². The number of rotatable bonds is 2. The third-order valence-corrected chi connectivity index (χ3v) is 3.33. The summed E-state index contributed by atoms with van der Waals surface area (Å²) in [5.41, 5.74) is 0.956. The number of carbonyl (C=O) groups is 1. The Morgan fingerprint density at radius 3 is 2.81 bits per heavy atom. The number of aryl methyl sites for hydroxylation is 1. The molecule has 82 valence electrons. The monoisotopic (exact) mass is 252 g/mol. The summed E-state index contributed by atoms with van der Waals surface area (Å²) in [5, 5.41) is 2.43. The molecule has 16 heavy (non-hydrogen) atoms. The van der Waals surface area contributed by atoms with Crippen molar-refractivity contribution in [1.82, 2.24) is 0 Å². The summed E-state index contributed by atoms with van der Waals surface area (Å²) in [4.78, 5) is 12.2. The van der Waals surface area contributed by atoms with Gasteiger partial charge in [-0.25, -0.2) is 4.79 Å². The lowest BCUT2D eigenvalue weighted by atomic mass is 10.2. The molecular weight excluding hydrogens is 244 g/mol. The first-order chi connectivity index (χ1) is 7.66. The average Bonchev–Trinajstić information content (AvgIpc) is 2.77. The van der Waals surface area contributed by atoms with Crippen molar-refractivity contribution >= 4 is 28.9 Å². The van der Waals surface area contributed by atoms with Crippen LogP contribution in [0.25, 0.3) is 0 Å². The van der Waals surface area contributed by atoms with E-state index in [9.17, 15) is 4.79 Å². The lowest BCUT2D eigenvalue weighted by molar-refractivity contribution is 0.0740. The van der Waals surface area contributed by atoms with Crippen LogP contribution in [-0.4, -0.2) is 5.97 Å². The molecule has 4 heteroatoms. The van der Waals surface area contributed by atoms with Crippen molar-refractivity contribution in [2.75, 3.05) is 0 Å². The van der Waals surface area contributed by atoms with Gasteiger partial charge in [0.15, 0.2) is 0 Å². The van der Waals surface area contributed by atoms with E-state index >= 15 is 0 Å². The number of hydrogen-bond donors (Lipinski definition) is 0. The van der Waals surface area contributed by atoms with Crippen molar-refractivity contribution in [2.24, 2.45) is 0 Å². The molecule has 1 aromatic heterocycles. The van der Waals surface area contributed by atoms with Gasteiger partial charge in [0.25, 0.3) is 0 Å². The zero-order chi connectivity index (χ0) is 11.5. The predicted octanol–water partition coefficient (Wildman–Crippen LogP) is 3.93. The number of ether oxygens (including phenoxy) is 1. The van der Waals surface area contributed by atoms with Crippen LogP contribution in [0.3, 0.4) is 0 Å². The molecule has 0 fully saturated rings. The molecule has 0 saturated heterocycles. The van der Waals surface area contributed by atoms with Gasteiger partial charge in [0.05, 0.1) is 0 Å². The summed E-state index contributed by atoms with van der Waals surface area (Å²) >= 11 is 7.28. The standard InChI is InChI=1S/C12H9ClO2S/c1-8-4-5-9(7-10(8)13)15-12(14)11-3-2-6-16-11/h2-7H,1H3. The van der Waals surface area contributed by atoms with Crippen molar-refractivity contribution in [3.63, 3.8) is 0 Å². The fourth-order valence-electron chi connectivity index (χ4n) is 1.19. The number of halogens is 1. The minimum absolute atomic E-state index is 0.352. The first-order valence-electron chi connectivity index (χ1n) is 4.68. The van der Waals surface area contributed by atoms with E-state index in [0.717, 1.165) is 5.56 Å². The van der Waals surface area contributed by atoms with Crippen molar-refractivity contribution in [2.45, 2.75) is 6.92 Å². The van der Waals surface area contributed by atoms with Crippen molar-refractivity contribution in [3.8, 4) is 5.75 Å². The molecule has 0 unspecified atom stereocenters. The average molecular weight is 253 g/mol. The van der Waals surface area contributed by atoms with Gasteiger partial charge in [-0.3, -0.25) is 0 Å². The molecular formula is C12H9ClO2S. The third kappa shape index (κ3) is 2.43. The van der Waals surface area contributed by atoms with E-state index in [0.29, 0.717) is 15.6 Å². The molecule has 2 rings (SSSR count). The normalized spacial score (nSPS) is 10.1. The molecule has 0 atom stereocenters. The van der Waals surface area contributed by atoms with Gasteiger partial charge in [-0.1, -0.05) is 23.7 Å². The Morgan fingerprint density at radius 1 is 1.38 bits per heavy atom. The van der Waals surface area contributed by atoms with Gasteiger partial charge in [-0.15, -0.1) is 11.3 Å². The van der Waals surface area contributed by atoms with Crippen LogP contribution < -0.4 is 4.74 Å². The van der Waals surface area contributed by atoms with Crippen LogP contribution >= 0.6 is 22.9 Å². The first kappa shape index (κ1) is 11.2. The van der Waals surface area contributed by atoms with Gasteiger partial charge in [0.2, 0.25) is 0 Å². The Labute approximate surface area is 102 Å². The van der Waals surface area contributed by atoms with Gasteiger partial charge >= 0.3 is 5.97 Å². The van der Waals surface area contributed by atoms with Crippen molar-refractivity contribution < 1.29 is 9.53 Å². The Bertz CT molecular complexity index is 506. The number of benzene rings is 1. The molecule has 0 N–H and O–H groups in total. The summed E-state index contributed by atoms with van der Waals surface area (Å²) in [5.74, 6) is 0.115. The van der Waals surface area contributed by atoms with Gasteiger partial charge in [0.1, 0.15) is 10.6 Å². The SMILES string of the molecule is Cc1ccc(OC(=O)c2cccs2)cc1Cl. The molecule has 0 saturated carbocycles. The fraction of sp³-hybridized carbons (Fsp3) is 0.0833. The second kappa shape index (κ2) is 4.68. The summed E-state index contributed by atoms with van der Waals surface area (Å²) in [6.45, 7) is 1.90. The van der Waals surface area contributed by atoms with Crippen LogP contribution in [0.1, 0.15) is 15.2 Å². The van der Waals surface area contributed by atoms with Gasteiger partial charge in [-0.2, -0.15) is 0 Å². The third-order valence-electron chi connectivity index (χ3n) is 2.08. The van der Waals surface area contributed by atoms with E-state index in [1.807, 2.05) is 24.4 Å². The maximum Gasteiger partial charge on any atom is 0.353 e. The van der Waals surface area contributed by atoms with Crippen LogP contribution in [0.2, 0.25) is 5.02 Å². The second-order valence-corrected chi connectivity index (χ2v) is 4.63. The van der Waals surface area contributed by atoms with Crippen LogP contribution in [0, 0.1) is 6.92 Å². The van der Waals surface area contributed by atoms with Gasteiger partial charge < -0.3 is 4.74 Å². The minimum Gasteiger partial charge on any atom is -0.422 e. The van der Waals surface area contributed by atoms with Crippen LogP contribution in [-0.2, 0) is 0 Å². The van der Waals surface area contributed by atoms with Gasteiger partial charge in [-0.05, 0) is 36.1 Å². The molecule has 0 radical (unpaired) electrons. The molecule has 0 spiro atoms. The zero-order valence-electron chi connectivity index (χ0n) is 8.57. The smallest absolute Gasteiger partial charge is 0.353 e. The summed E-state index contributed by atoms with van der Waals surface area (Å²) in [7, 11) is 0. The Morgan fingerprint density at radius 2 is 2.19 bits per heavy atom. The molecule has 0 amide bonds. The molecule has 2 aromatic rings. The summed E-state index contributed by atoms with van der Waals surface area (Å²) in [6.07, 6.45) is 0. The Kier molecular flexibility index (Phi) is 3.27. The largest absolute Gasteiger partial charge is 0.422 e. The Balaban J connectivity index is 2.15. The summed E-state index contributed by atoms with van der Waals surface area (Å²) in [6, 6.07) is 8.72. The summed E-state index contributed by atoms with van der Waals surface area (Å²) < 4.78 is 5.18. The molecule has 0 bridgehead atoms. The number of thiophene rings is 1. The quantitative estimate of drug-likeness (QED) is 0.598. The highest BCUT2D eigenvalue weighted by Gasteiger charge is 2.09. The van der Waals surface area contributed by atoms with Crippen LogP contribution in [0.5, 0.6) is 5.75 Å². The molecule has 1 heterocycles. The molecule has 1 aromatic carbocycles. The highest BCUT2D eigenvalue weighted by molar-refractivity contribution is 7.12. The molecule has 2 nitrogen and oxygen atoms in total. The highest BCUT2D eigenvalue weighted by atomic mass is 35.5. The van der Waals surface area contributed by atoms with Crippen molar-refractivity contribution in [3.05, 3.63) is 51.2 Å². The second-order valence-electron chi connectivity index (χ2n) is 3.28. The minimum atomic E-state index is -0.352. The molecule has 0 aliphatic carbocycles. The fourth-order valence-corrected chi connectivity index (χ4v) is 1.96. The topological polar surface area (TPSA) is 26.3 Å². The lowest BCUT2D eigenvalue weighted by Crippen LogP contribution is -2.06. The van der Waals surface area contributed by atoms with Crippen LogP contribution in [0.4, 0.5) is 0 Å². The van der Waals surface area contributed by atoms with Crippen LogP contribution in [0.15, 0.2) is 35.7 Å². The van der Waals surface area contributed by atoms with E-state index in [1.54, 1.807) is 18.2 Å². The zero-order valence-corrected chi connectivity index (χ0v) is 10.1. The van der Waals surface area contributed by atoms with Gasteiger partial charge in [0, 0.05) is 5.02 Å². The number of hydrogen-bond acceptors (Lipinski definition) is 3. The first-order valence-corrected chi connectivity index (χ1v) is 5.94. The Hall–Kier alpha value is -1.32. The maximum atomic E-state index is 11.6. The molecule has 0 aliphatic heterocycles. The predicted molar refractivity (Wildman–Crippen MR) is 65.5 cm³/mol. The lowest BCUT2D eigenvalue weighted by Gasteiger charge is -2.04. The van der Waals surface area contributed by atoms with E-state index in [-0.39, 0.29) is 5.97 Å². The number of carbonyl (C=O) groups excluding carboxylic acids is 1. The maximum absolute atomic E-state index is 11.6. The molecule has 0 aliphatic rings.